The van der Waals surface area contributed by atoms with E-state index >= 15 is 0 Å². The second-order valence-electron chi connectivity index (χ2n) is 11.5. The molecule has 1 N–H and O–H groups in total. The molecule has 2 fully saturated rings. The van der Waals surface area contributed by atoms with Gasteiger partial charge >= 0.3 is 10.2 Å². The number of rotatable bonds is 7. The third kappa shape index (κ3) is 7.05. The average Bonchev–Trinajstić information content (AvgIpc) is 3.22. The molecule has 8 nitrogen and oxygen atoms in total. The summed E-state index contributed by atoms with van der Waals surface area (Å²) in [6.45, 7) is 3.76. The lowest BCUT2D eigenvalue weighted by molar-refractivity contribution is -0.129. The van der Waals surface area contributed by atoms with Crippen LogP contribution in [0, 0.1) is 16.9 Å². The molecule has 2 amide bonds. The van der Waals surface area contributed by atoms with Crippen LogP contribution in [0.15, 0.2) is 47.9 Å². The quantitative estimate of drug-likeness (QED) is 0.280. The summed E-state index contributed by atoms with van der Waals surface area (Å²) < 4.78 is 94.8. The molecule has 2 heterocycles. The summed E-state index contributed by atoms with van der Waals surface area (Å²) in [5.41, 5.74) is -0.858. The van der Waals surface area contributed by atoms with E-state index in [1.54, 1.807) is 13.8 Å². The Morgan fingerprint density at radius 1 is 1.07 bits per heavy atom. The van der Waals surface area contributed by atoms with Crippen LogP contribution >= 0.6 is 10.2 Å². The van der Waals surface area contributed by atoms with Crippen LogP contribution in [0.3, 0.4) is 0 Å². The van der Waals surface area contributed by atoms with E-state index in [1.807, 2.05) is 6.19 Å². The van der Waals surface area contributed by atoms with Crippen molar-refractivity contribution in [3.63, 3.8) is 0 Å². The molecule has 2 atom stereocenters. The van der Waals surface area contributed by atoms with Crippen molar-refractivity contribution in [2.75, 3.05) is 11.4 Å². The summed E-state index contributed by atoms with van der Waals surface area (Å²) in [6.07, 6.45) is 4.47. The molecule has 1 saturated heterocycles. The number of halogens is 7. The maximum absolute atomic E-state index is 14.2. The summed E-state index contributed by atoms with van der Waals surface area (Å²) in [6, 6.07) is -1.95. The van der Waals surface area contributed by atoms with E-state index in [-0.39, 0.29) is 49.2 Å². The first-order chi connectivity index (χ1) is 19.2. The third-order valence-corrected chi connectivity index (χ3v) is 8.56. The predicted molar refractivity (Wildman–Crippen MR) is 140 cm³/mol. The number of anilines is 1. The molecule has 1 aliphatic carbocycles. The van der Waals surface area contributed by atoms with Crippen LogP contribution in [-0.2, 0) is 9.59 Å². The monoisotopic (exact) mass is 622 g/mol. The SMILES string of the molecule is CC1(C)C[C@H](C(=O)N(c2ccc(S(F)(F)(F)(F)F)cc2)[C@@H](C(=O)NC2CCC(F)(F)CC2)c2cncnc2)N(C#N)C1. The molecule has 1 aliphatic heterocycles. The molecule has 1 aromatic carbocycles. The highest BCUT2D eigenvalue weighted by Gasteiger charge is 2.65. The molecule has 2 aliphatic rings. The zero-order valence-electron chi connectivity index (χ0n) is 22.6. The maximum atomic E-state index is 14.2. The number of hydrogen-bond acceptors (Lipinski definition) is 6. The predicted octanol–water partition coefficient (Wildman–Crippen LogP) is 6.48. The van der Waals surface area contributed by atoms with Crippen molar-refractivity contribution in [1.29, 1.82) is 5.26 Å². The van der Waals surface area contributed by atoms with Gasteiger partial charge in [0, 0.05) is 49.1 Å². The number of hydrogen-bond donors (Lipinski definition) is 1. The molecular weight excluding hydrogens is 593 g/mol. The fourth-order valence-corrected chi connectivity index (χ4v) is 6.01. The summed E-state index contributed by atoms with van der Waals surface area (Å²) in [5, 5.41) is 12.4. The average molecular weight is 623 g/mol. The maximum Gasteiger partial charge on any atom is 0.310 e. The van der Waals surface area contributed by atoms with Gasteiger partial charge in [-0.15, -0.1) is 0 Å². The van der Waals surface area contributed by atoms with Gasteiger partial charge in [0.15, 0.2) is 6.19 Å². The molecule has 0 bridgehead atoms. The zero-order valence-corrected chi connectivity index (χ0v) is 23.4. The van der Waals surface area contributed by atoms with E-state index in [1.165, 1.54) is 17.3 Å². The molecule has 230 valence electrons. The Morgan fingerprint density at radius 2 is 1.64 bits per heavy atom. The van der Waals surface area contributed by atoms with Crippen molar-refractivity contribution in [1.82, 2.24) is 20.2 Å². The first kappa shape index (κ1) is 31.3. The van der Waals surface area contributed by atoms with Gasteiger partial charge in [-0.25, -0.2) is 18.7 Å². The highest BCUT2D eigenvalue weighted by molar-refractivity contribution is 8.45. The van der Waals surface area contributed by atoms with Gasteiger partial charge in [-0.3, -0.25) is 19.4 Å². The molecule has 1 saturated carbocycles. The Bertz CT molecular complexity index is 1380. The number of alkyl halides is 2. The van der Waals surface area contributed by atoms with Gasteiger partial charge in [0.05, 0.1) is 0 Å². The summed E-state index contributed by atoms with van der Waals surface area (Å²) in [7, 11) is -10.1. The van der Waals surface area contributed by atoms with Crippen molar-refractivity contribution in [2.45, 2.75) is 74.9 Å². The number of carbonyl (C=O) groups excluding carboxylic acids is 2. The Kier molecular flexibility index (Phi) is 7.45. The van der Waals surface area contributed by atoms with Crippen molar-refractivity contribution >= 4 is 27.7 Å². The Labute approximate surface area is 237 Å². The minimum Gasteiger partial charge on any atom is -0.351 e. The highest BCUT2D eigenvalue weighted by Crippen LogP contribution is 3.02. The van der Waals surface area contributed by atoms with E-state index < -0.39 is 69.2 Å². The van der Waals surface area contributed by atoms with E-state index in [4.69, 9.17) is 0 Å². The molecule has 0 radical (unpaired) electrons. The first-order valence-corrected chi connectivity index (χ1v) is 14.9. The molecule has 0 unspecified atom stereocenters. The minimum atomic E-state index is -10.1. The van der Waals surface area contributed by atoms with Crippen LogP contribution < -0.4 is 10.2 Å². The summed E-state index contributed by atoms with van der Waals surface area (Å²) >= 11 is 0. The van der Waals surface area contributed by atoms with Crippen LogP contribution in [0.4, 0.5) is 33.9 Å². The lowest BCUT2D eigenvalue weighted by Crippen LogP contribution is -2.52. The van der Waals surface area contributed by atoms with Crippen molar-refractivity contribution < 1.29 is 37.8 Å². The van der Waals surface area contributed by atoms with Gasteiger partial charge in [-0.05, 0) is 48.9 Å². The van der Waals surface area contributed by atoms with Crippen molar-refractivity contribution in [2.24, 2.45) is 5.41 Å². The molecular formula is C26H29F7N6O2S. The third-order valence-electron chi connectivity index (χ3n) is 7.40. The molecule has 4 rings (SSSR count). The number of nitriles is 1. The zero-order chi connectivity index (χ0) is 31.2. The van der Waals surface area contributed by atoms with Crippen LogP contribution in [0.2, 0.25) is 0 Å². The molecule has 1 aromatic heterocycles. The molecule has 42 heavy (non-hydrogen) atoms. The smallest absolute Gasteiger partial charge is 0.310 e. The van der Waals surface area contributed by atoms with E-state index in [9.17, 15) is 43.1 Å². The lowest BCUT2D eigenvalue weighted by atomic mass is 9.90. The van der Waals surface area contributed by atoms with Crippen LogP contribution in [0.1, 0.15) is 57.6 Å². The van der Waals surface area contributed by atoms with Crippen LogP contribution in [0.5, 0.6) is 0 Å². The lowest BCUT2D eigenvalue weighted by Gasteiger charge is -2.41. The standard InChI is InChI=1S/C26H29F7N6O2S/c1-25(2)11-21(38(14-25)15-34)24(41)39(19-3-5-20(6-4-19)42(29,30,31,32)33)22(17-12-35-16-36-13-17)23(40)37-18-7-9-26(27,28)10-8-18/h3-6,12-13,16,18,21-22H,7-11,14H2,1-2H3,(H,37,40)/t21-,22-/m1/s1. The first-order valence-electron chi connectivity index (χ1n) is 13.0. The Balaban J connectivity index is 1.81. The van der Waals surface area contributed by atoms with Gasteiger partial charge in [0.1, 0.15) is 23.3 Å². The van der Waals surface area contributed by atoms with E-state index in [0.717, 1.165) is 11.2 Å². The number of amides is 2. The van der Waals surface area contributed by atoms with Crippen LogP contribution in [-0.4, -0.2) is 51.2 Å². The summed E-state index contributed by atoms with van der Waals surface area (Å²) in [4.78, 5) is 35.5. The van der Waals surface area contributed by atoms with Gasteiger partial charge < -0.3 is 5.32 Å². The fourth-order valence-electron chi connectivity index (χ4n) is 5.36. The van der Waals surface area contributed by atoms with Crippen LogP contribution in [0.25, 0.3) is 0 Å². The number of benzene rings is 1. The second-order valence-corrected chi connectivity index (χ2v) is 13.9. The van der Waals surface area contributed by atoms with E-state index in [2.05, 4.69) is 15.3 Å². The molecule has 0 spiro atoms. The molecule has 2 aromatic rings. The molecule has 16 heteroatoms. The van der Waals surface area contributed by atoms with E-state index in [0.29, 0.717) is 12.1 Å². The number of nitrogens with one attached hydrogen (secondary N) is 1. The Morgan fingerprint density at radius 3 is 2.17 bits per heavy atom. The van der Waals surface area contributed by atoms with Gasteiger partial charge in [0.2, 0.25) is 11.8 Å². The van der Waals surface area contributed by atoms with Gasteiger partial charge in [0.25, 0.3) is 5.91 Å². The largest absolute Gasteiger partial charge is 0.351 e. The number of nitrogens with zero attached hydrogens (tertiary/aromatic N) is 5. The van der Waals surface area contributed by atoms with Gasteiger partial charge in [-0.1, -0.05) is 33.3 Å². The van der Waals surface area contributed by atoms with Crippen molar-refractivity contribution in [3.8, 4) is 6.19 Å². The second kappa shape index (κ2) is 9.99. The number of likely N-dealkylation sites (tertiary alicyclic amines) is 1. The Hall–Kier alpha value is -3.61. The fraction of sp³-hybridized carbons (Fsp3) is 0.500. The normalized spacial score (nSPS) is 22.8. The topological polar surface area (TPSA) is 102 Å². The highest BCUT2D eigenvalue weighted by atomic mass is 32.5. The number of carbonyl (C=O) groups is 2. The van der Waals surface area contributed by atoms with Crippen molar-refractivity contribution in [3.05, 3.63) is 48.5 Å². The number of aromatic nitrogens is 2. The van der Waals surface area contributed by atoms with Gasteiger partial charge in [-0.2, -0.15) is 5.26 Å². The summed E-state index contributed by atoms with van der Waals surface area (Å²) in [5.74, 6) is -4.62. The minimum absolute atomic E-state index is 0.0158.